The van der Waals surface area contributed by atoms with Crippen LogP contribution in [0.1, 0.15) is 30.6 Å². The number of anilines is 1. The molecule has 2 saturated heterocycles. The molecule has 0 unspecified atom stereocenters. The van der Waals surface area contributed by atoms with Crippen LogP contribution < -0.4 is 16.0 Å². The molecule has 0 radical (unpaired) electrons. The van der Waals surface area contributed by atoms with E-state index in [1.54, 1.807) is 0 Å². The Labute approximate surface area is 232 Å². The second-order valence-electron chi connectivity index (χ2n) is 10.3. The molecular weight excluding hydrogens is 512 g/mol. The van der Waals surface area contributed by atoms with Gasteiger partial charge < -0.3 is 20.7 Å². The summed E-state index contributed by atoms with van der Waals surface area (Å²) in [6.45, 7) is 9.04. The zero-order valence-electron chi connectivity index (χ0n) is 22.3. The number of nitrogens with two attached hydrogens (primary N) is 1. The van der Waals surface area contributed by atoms with E-state index in [0.717, 1.165) is 110 Å². The second-order valence-corrected chi connectivity index (χ2v) is 11.4. The van der Waals surface area contributed by atoms with Crippen LogP contribution >= 0.6 is 11.3 Å². The fourth-order valence-electron chi connectivity index (χ4n) is 5.46. The topological polar surface area (TPSA) is 114 Å². The highest BCUT2D eigenvalue weighted by Crippen LogP contribution is 2.36. The van der Waals surface area contributed by atoms with Gasteiger partial charge in [0.25, 0.3) is 0 Å². The fourth-order valence-corrected chi connectivity index (χ4v) is 6.61. The lowest BCUT2D eigenvalue weighted by Gasteiger charge is -2.28. The predicted molar refractivity (Wildman–Crippen MR) is 155 cm³/mol. The molecule has 4 aromatic rings. The van der Waals surface area contributed by atoms with Gasteiger partial charge in [0, 0.05) is 74.6 Å². The number of morpholine rings is 1. The minimum absolute atomic E-state index is 0.237. The number of rotatable bonds is 10. The quantitative estimate of drug-likeness (QED) is 0.291. The lowest BCUT2D eigenvalue weighted by molar-refractivity contribution is -0.118. The Bertz CT molecular complexity index is 1440. The molecule has 3 N–H and O–H groups in total. The number of hydrogen-bond acceptors (Lipinski definition) is 9. The van der Waals surface area contributed by atoms with Crippen LogP contribution in [0.4, 0.5) is 5.82 Å². The van der Waals surface area contributed by atoms with E-state index in [4.69, 9.17) is 25.5 Å². The van der Waals surface area contributed by atoms with Crippen LogP contribution in [0.3, 0.4) is 0 Å². The van der Waals surface area contributed by atoms with Gasteiger partial charge in [-0.25, -0.2) is 9.97 Å². The molecule has 206 valence electrons. The van der Waals surface area contributed by atoms with Crippen LogP contribution in [0.5, 0.6) is 0 Å². The summed E-state index contributed by atoms with van der Waals surface area (Å²) >= 11 is 1.82. The Morgan fingerprint density at radius 3 is 2.74 bits per heavy atom. The third kappa shape index (κ3) is 5.91. The first kappa shape index (κ1) is 26.1. The van der Waals surface area contributed by atoms with Crippen LogP contribution in [0, 0.1) is 0 Å². The monoisotopic (exact) mass is 548 g/mol. The maximum absolute atomic E-state index is 11.0. The fraction of sp³-hybridized carbons (Fsp3) is 0.500. The van der Waals surface area contributed by atoms with Crippen molar-refractivity contribution in [1.29, 1.82) is 0 Å². The number of aromatic nitrogens is 4. The first-order chi connectivity index (χ1) is 19.2. The van der Waals surface area contributed by atoms with E-state index >= 15 is 0 Å². The highest BCUT2D eigenvalue weighted by Gasteiger charge is 2.22. The van der Waals surface area contributed by atoms with Crippen molar-refractivity contribution in [2.45, 2.75) is 38.8 Å². The van der Waals surface area contributed by atoms with Gasteiger partial charge >= 0.3 is 0 Å². The lowest BCUT2D eigenvalue weighted by Crippen LogP contribution is -2.42. The third-order valence-electron chi connectivity index (χ3n) is 7.53. The smallest absolute Gasteiger partial charge is 0.217 e. The first-order valence-corrected chi connectivity index (χ1v) is 14.8. The van der Waals surface area contributed by atoms with Crippen LogP contribution in [0.2, 0.25) is 0 Å². The van der Waals surface area contributed by atoms with Gasteiger partial charge in [0.05, 0.1) is 35.1 Å². The molecule has 1 aromatic carbocycles. The number of ether oxygens (including phenoxy) is 1. The molecule has 39 heavy (non-hydrogen) atoms. The number of hydrogen-bond donors (Lipinski definition) is 2. The molecule has 3 aromatic heterocycles. The highest BCUT2D eigenvalue weighted by atomic mass is 32.1. The molecule has 10 nitrogen and oxygen atoms in total. The number of nitrogens with one attached hydrogen (secondary N) is 1. The largest absolute Gasteiger partial charge is 0.378 e. The summed E-state index contributed by atoms with van der Waals surface area (Å²) in [5.74, 6) is 1.51. The van der Waals surface area contributed by atoms with Gasteiger partial charge in [0.1, 0.15) is 0 Å². The van der Waals surface area contributed by atoms with E-state index in [2.05, 4.69) is 39.4 Å². The highest BCUT2D eigenvalue weighted by molar-refractivity contribution is 7.19. The van der Waals surface area contributed by atoms with Crippen molar-refractivity contribution < 1.29 is 9.53 Å². The summed E-state index contributed by atoms with van der Waals surface area (Å²) in [5, 5.41) is 9.18. The van der Waals surface area contributed by atoms with E-state index in [1.165, 1.54) is 4.88 Å². The lowest BCUT2D eigenvalue weighted by atomic mass is 10.1. The van der Waals surface area contributed by atoms with Crippen molar-refractivity contribution in [3.63, 3.8) is 0 Å². The number of unbranched alkanes of at least 4 members (excludes halogenated alkanes) is 2. The van der Waals surface area contributed by atoms with Gasteiger partial charge in [-0.15, -0.1) is 11.3 Å². The minimum Gasteiger partial charge on any atom is -0.378 e. The SMILES string of the molecule is NC(=O)CCCCCn1ncc2c(-c3nc(N4CCOCC4)c4sc(CN5CCNCC5)cc4n3)cccc21. The van der Waals surface area contributed by atoms with Crippen molar-refractivity contribution in [3.05, 3.63) is 35.3 Å². The summed E-state index contributed by atoms with van der Waals surface area (Å²) in [7, 11) is 0. The van der Waals surface area contributed by atoms with Crippen molar-refractivity contribution in [3.8, 4) is 11.4 Å². The van der Waals surface area contributed by atoms with Crippen molar-refractivity contribution in [1.82, 2.24) is 30.0 Å². The molecule has 1 amide bonds. The number of carbonyl (C=O) groups excluding carboxylic acids is 1. The number of piperazine rings is 1. The number of aryl methyl sites for hydroxylation is 1. The molecule has 0 bridgehead atoms. The maximum atomic E-state index is 11.0. The predicted octanol–water partition coefficient (Wildman–Crippen LogP) is 3.00. The molecule has 0 saturated carbocycles. The van der Waals surface area contributed by atoms with Gasteiger partial charge in [0.15, 0.2) is 11.6 Å². The van der Waals surface area contributed by atoms with Crippen molar-refractivity contribution in [2.75, 3.05) is 57.4 Å². The van der Waals surface area contributed by atoms with E-state index in [1.807, 2.05) is 22.2 Å². The van der Waals surface area contributed by atoms with E-state index < -0.39 is 0 Å². The molecule has 2 aliphatic heterocycles. The van der Waals surface area contributed by atoms with Crippen LogP contribution in [0.25, 0.3) is 32.5 Å². The molecule has 0 spiro atoms. The molecule has 2 aliphatic rings. The zero-order valence-corrected chi connectivity index (χ0v) is 23.1. The minimum atomic E-state index is -0.237. The van der Waals surface area contributed by atoms with E-state index in [9.17, 15) is 4.79 Å². The van der Waals surface area contributed by atoms with Crippen molar-refractivity contribution in [2.24, 2.45) is 5.73 Å². The van der Waals surface area contributed by atoms with Gasteiger partial charge in [-0.1, -0.05) is 18.6 Å². The Hall–Kier alpha value is -3.12. The number of amides is 1. The van der Waals surface area contributed by atoms with Crippen LogP contribution in [-0.4, -0.2) is 83.0 Å². The van der Waals surface area contributed by atoms with Gasteiger partial charge in [-0.2, -0.15) is 5.10 Å². The van der Waals surface area contributed by atoms with Crippen molar-refractivity contribution >= 4 is 44.2 Å². The number of benzene rings is 1. The molecule has 11 heteroatoms. The molecule has 0 atom stereocenters. The summed E-state index contributed by atoms with van der Waals surface area (Å²) in [6, 6.07) is 8.52. The number of thiophene rings is 1. The molecule has 5 heterocycles. The molecule has 2 fully saturated rings. The summed E-state index contributed by atoms with van der Waals surface area (Å²) in [5.41, 5.74) is 8.35. The summed E-state index contributed by atoms with van der Waals surface area (Å²) in [4.78, 5) is 27.5. The Morgan fingerprint density at radius 1 is 1.08 bits per heavy atom. The Morgan fingerprint density at radius 2 is 1.92 bits per heavy atom. The standard InChI is InChI=1S/C28H36N8O2S/c29-25(37)7-2-1-3-10-36-24-6-4-5-21(22(24)18-31-36)27-32-23-17-20(19-34-11-8-30-9-12-34)39-26(23)28(33-27)35-13-15-38-16-14-35/h4-6,17-18,30H,1-3,7-16,19H2,(H2,29,37). The van der Waals surface area contributed by atoms with Crippen LogP contribution in [0.15, 0.2) is 30.5 Å². The van der Waals surface area contributed by atoms with E-state index in [-0.39, 0.29) is 5.91 Å². The zero-order chi connectivity index (χ0) is 26.6. The van der Waals surface area contributed by atoms with Gasteiger partial charge in [-0.05, 0) is 25.0 Å². The van der Waals surface area contributed by atoms with Gasteiger partial charge in [0.2, 0.25) is 5.91 Å². The average Bonchev–Trinajstić information content (AvgIpc) is 3.56. The Balaban J connectivity index is 1.32. The average molecular weight is 549 g/mol. The normalized spacial score (nSPS) is 16.9. The third-order valence-corrected chi connectivity index (χ3v) is 8.63. The summed E-state index contributed by atoms with van der Waals surface area (Å²) < 4.78 is 8.84. The number of fused-ring (bicyclic) bond motifs is 2. The number of carbonyl (C=O) groups is 1. The Kier molecular flexibility index (Phi) is 8.00. The van der Waals surface area contributed by atoms with E-state index in [0.29, 0.717) is 19.6 Å². The molecular formula is C28H36N8O2S. The molecule has 0 aliphatic carbocycles. The second kappa shape index (κ2) is 12.0. The first-order valence-electron chi connectivity index (χ1n) is 13.9. The van der Waals surface area contributed by atoms with Gasteiger partial charge in [-0.3, -0.25) is 14.4 Å². The number of primary amides is 1. The maximum Gasteiger partial charge on any atom is 0.217 e. The number of nitrogens with zero attached hydrogens (tertiary/aromatic N) is 6. The van der Waals surface area contributed by atoms with Crippen LogP contribution in [-0.2, 0) is 22.6 Å². The molecule has 6 rings (SSSR count). The summed E-state index contributed by atoms with van der Waals surface area (Å²) in [6.07, 6.45) is 5.08.